The molecule has 6 nitrogen and oxygen atoms in total. The molecule has 110 valence electrons. The third-order valence-electron chi connectivity index (χ3n) is 2.89. The van der Waals surface area contributed by atoms with Gasteiger partial charge in [0, 0.05) is 6.07 Å². The molecule has 0 amide bonds. The first-order valence-corrected chi connectivity index (χ1v) is 7.71. The number of rotatable bonds is 3. The van der Waals surface area contributed by atoms with Gasteiger partial charge in [-0.3, -0.25) is 4.72 Å². The monoisotopic (exact) mass is 305 g/mol. The third-order valence-corrected chi connectivity index (χ3v) is 4.26. The summed E-state index contributed by atoms with van der Waals surface area (Å²) in [5.74, 6) is -0.0813. The van der Waals surface area contributed by atoms with E-state index in [1.54, 1.807) is 18.2 Å². The number of nitriles is 1. The summed E-state index contributed by atoms with van der Waals surface area (Å²) >= 11 is 0. The number of hydrogen-bond donors (Lipinski definition) is 1. The molecule has 21 heavy (non-hydrogen) atoms. The first-order valence-electron chi connectivity index (χ1n) is 6.22. The van der Waals surface area contributed by atoms with Crippen molar-refractivity contribution in [2.24, 2.45) is 0 Å². The van der Waals surface area contributed by atoms with Crippen LogP contribution < -0.4 is 4.72 Å². The van der Waals surface area contributed by atoms with Gasteiger partial charge < -0.3 is 4.52 Å². The molecule has 1 aromatic heterocycles. The maximum absolute atomic E-state index is 12.2. The average Bonchev–Trinajstić information content (AvgIpc) is 2.85. The van der Waals surface area contributed by atoms with Gasteiger partial charge in [-0.05, 0) is 23.1 Å². The molecule has 0 aliphatic carbocycles. The summed E-state index contributed by atoms with van der Waals surface area (Å²) < 4.78 is 31.3. The van der Waals surface area contributed by atoms with Gasteiger partial charge in [0.15, 0.2) is 5.82 Å². The Kier molecular flexibility index (Phi) is 3.75. The number of nitrogens with one attached hydrogen (secondary N) is 1. The topological polar surface area (TPSA) is 96.0 Å². The number of benzene rings is 1. The van der Waals surface area contributed by atoms with E-state index in [-0.39, 0.29) is 21.9 Å². The Morgan fingerprint density at radius 1 is 1.24 bits per heavy atom. The van der Waals surface area contributed by atoms with Gasteiger partial charge in [0.2, 0.25) is 5.76 Å². The maximum atomic E-state index is 12.2. The number of aromatic nitrogens is 1. The lowest BCUT2D eigenvalue weighted by atomic mass is 9.87. The molecule has 0 aliphatic rings. The Morgan fingerprint density at radius 2 is 1.86 bits per heavy atom. The quantitative estimate of drug-likeness (QED) is 0.940. The van der Waals surface area contributed by atoms with Gasteiger partial charge >= 0.3 is 0 Å². The Labute approximate surface area is 123 Å². The molecule has 1 heterocycles. The summed E-state index contributed by atoms with van der Waals surface area (Å²) in [6.07, 6.45) is 0. The highest BCUT2D eigenvalue weighted by Crippen LogP contribution is 2.24. The van der Waals surface area contributed by atoms with E-state index in [1.807, 2.05) is 20.8 Å². The number of sulfonamides is 1. The second-order valence-electron chi connectivity index (χ2n) is 5.57. The molecule has 0 fully saturated rings. The predicted molar refractivity (Wildman–Crippen MR) is 77.2 cm³/mol. The van der Waals surface area contributed by atoms with Gasteiger partial charge in [0.1, 0.15) is 6.07 Å². The molecule has 0 aliphatic heterocycles. The van der Waals surface area contributed by atoms with Crippen LogP contribution in [0.25, 0.3) is 0 Å². The highest BCUT2D eigenvalue weighted by atomic mass is 32.2. The molecule has 0 bridgehead atoms. The number of hydrogen-bond acceptors (Lipinski definition) is 5. The molecule has 7 heteroatoms. The van der Waals surface area contributed by atoms with E-state index in [0.29, 0.717) is 0 Å². The normalized spacial score (nSPS) is 11.9. The molecule has 0 radical (unpaired) electrons. The van der Waals surface area contributed by atoms with Crippen molar-refractivity contribution >= 4 is 15.8 Å². The maximum Gasteiger partial charge on any atom is 0.263 e. The minimum Gasteiger partial charge on any atom is -0.343 e. The number of anilines is 1. The van der Waals surface area contributed by atoms with E-state index >= 15 is 0 Å². The van der Waals surface area contributed by atoms with Crippen LogP contribution in [0.5, 0.6) is 0 Å². The molecule has 0 unspecified atom stereocenters. The Morgan fingerprint density at radius 3 is 2.33 bits per heavy atom. The van der Waals surface area contributed by atoms with Crippen LogP contribution in [-0.2, 0) is 15.4 Å². The standard InChI is InChI=1S/C14H15N3O3S/c1-14(2,3)10-4-6-12(7-5-10)21(18,19)17-13-8-11(9-15)20-16-13/h4-8H,1-3H3,(H,16,17). The smallest absolute Gasteiger partial charge is 0.263 e. The average molecular weight is 305 g/mol. The Balaban J connectivity index is 2.26. The Hall–Kier alpha value is -2.33. The van der Waals surface area contributed by atoms with Gasteiger partial charge in [-0.15, -0.1) is 0 Å². The highest BCUT2D eigenvalue weighted by molar-refractivity contribution is 7.92. The first kappa shape index (κ1) is 15.1. The van der Waals surface area contributed by atoms with Gasteiger partial charge in [-0.1, -0.05) is 38.1 Å². The highest BCUT2D eigenvalue weighted by Gasteiger charge is 2.19. The van der Waals surface area contributed by atoms with Gasteiger partial charge in [0.05, 0.1) is 4.90 Å². The fraction of sp³-hybridized carbons (Fsp3) is 0.286. The molecular weight excluding hydrogens is 290 g/mol. The molecule has 0 saturated carbocycles. The van der Waals surface area contributed by atoms with Crippen molar-refractivity contribution in [1.29, 1.82) is 5.26 Å². The van der Waals surface area contributed by atoms with Crippen molar-refractivity contribution in [1.82, 2.24) is 5.16 Å². The van der Waals surface area contributed by atoms with Crippen LogP contribution in [0, 0.1) is 11.3 Å². The van der Waals surface area contributed by atoms with Crippen molar-refractivity contribution in [2.45, 2.75) is 31.1 Å². The minimum absolute atomic E-state index is 0.0218. The van der Waals surface area contributed by atoms with Crippen LogP contribution in [0.4, 0.5) is 5.82 Å². The van der Waals surface area contributed by atoms with Crippen molar-refractivity contribution in [3.63, 3.8) is 0 Å². The van der Waals surface area contributed by atoms with Crippen LogP contribution in [0.15, 0.2) is 39.8 Å². The lowest BCUT2D eigenvalue weighted by molar-refractivity contribution is 0.413. The van der Waals surface area contributed by atoms with E-state index in [2.05, 4.69) is 14.4 Å². The third kappa shape index (κ3) is 3.41. The summed E-state index contributed by atoms with van der Waals surface area (Å²) in [5.41, 5.74) is 0.985. The second-order valence-corrected chi connectivity index (χ2v) is 7.25. The van der Waals surface area contributed by atoms with E-state index in [1.165, 1.54) is 18.2 Å². The van der Waals surface area contributed by atoms with Crippen molar-refractivity contribution in [3.05, 3.63) is 41.7 Å². The van der Waals surface area contributed by atoms with Gasteiger partial charge in [0.25, 0.3) is 10.0 Å². The fourth-order valence-corrected chi connectivity index (χ4v) is 2.69. The summed E-state index contributed by atoms with van der Waals surface area (Å²) in [4.78, 5) is 0.122. The summed E-state index contributed by atoms with van der Waals surface area (Å²) in [5, 5.41) is 12.1. The molecule has 0 atom stereocenters. The molecule has 2 rings (SSSR count). The summed E-state index contributed by atoms with van der Waals surface area (Å²) in [7, 11) is -3.75. The van der Waals surface area contributed by atoms with Crippen LogP contribution in [0.2, 0.25) is 0 Å². The van der Waals surface area contributed by atoms with Crippen molar-refractivity contribution in [2.75, 3.05) is 4.72 Å². The molecule has 0 spiro atoms. The SMILES string of the molecule is CC(C)(C)c1ccc(S(=O)(=O)Nc2cc(C#N)on2)cc1. The lowest BCUT2D eigenvalue weighted by Crippen LogP contribution is -2.15. The fourth-order valence-electron chi connectivity index (χ4n) is 1.71. The van der Waals surface area contributed by atoms with Gasteiger partial charge in [-0.25, -0.2) is 8.42 Å². The first-order chi connectivity index (χ1) is 9.72. The van der Waals surface area contributed by atoms with E-state index in [0.717, 1.165) is 5.56 Å². The van der Waals surface area contributed by atoms with E-state index < -0.39 is 10.0 Å². The predicted octanol–water partition coefficient (Wildman–Crippen LogP) is 2.64. The molecular formula is C14H15N3O3S. The summed E-state index contributed by atoms with van der Waals surface area (Å²) in [6.45, 7) is 6.15. The zero-order valence-corrected chi connectivity index (χ0v) is 12.7. The van der Waals surface area contributed by atoms with Crippen LogP contribution >= 0.6 is 0 Å². The van der Waals surface area contributed by atoms with E-state index in [4.69, 9.17) is 5.26 Å². The molecule has 2 aromatic rings. The van der Waals surface area contributed by atoms with Crippen LogP contribution in [0.3, 0.4) is 0 Å². The summed E-state index contributed by atoms with van der Waals surface area (Å²) in [6, 6.07) is 9.58. The van der Waals surface area contributed by atoms with Gasteiger partial charge in [-0.2, -0.15) is 5.26 Å². The van der Waals surface area contributed by atoms with Crippen LogP contribution in [-0.4, -0.2) is 13.6 Å². The minimum atomic E-state index is -3.75. The largest absolute Gasteiger partial charge is 0.343 e. The lowest BCUT2D eigenvalue weighted by Gasteiger charge is -2.19. The molecule has 1 aromatic carbocycles. The van der Waals surface area contributed by atoms with E-state index in [9.17, 15) is 8.42 Å². The molecule has 0 saturated heterocycles. The van der Waals surface area contributed by atoms with Crippen molar-refractivity contribution in [3.8, 4) is 6.07 Å². The zero-order chi connectivity index (χ0) is 15.7. The number of nitrogens with zero attached hydrogens (tertiary/aromatic N) is 2. The van der Waals surface area contributed by atoms with Crippen LogP contribution in [0.1, 0.15) is 32.1 Å². The molecule has 1 N–H and O–H groups in total. The zero-order valence-electron chi connectivity index (χ0n) is 11.9. The second kappa shape index (κ2) is 5.22. The Bertz CT molecular complexity index is 778. The van der Waals surface area contributed by atoms with Crippen molar-refractivity contribution < 1.29 is 12.9 Å².